The van der Waals surface area contributed by atoms with Crippen LogP contribution in [0.4, 0.5) is 0 Å². The molecule has 3 aromatic rings. The second-order valence-corrected chi connectivity index (χ2v) is 5.66. The summed E-state index contributed by atoms with van der Waals surface area (Å²) in [6.45, 7) is 5.78. The minimum Gasteiger partial charge on any atom is -0.475 e. The lowest BCUT2D eigenvalue weighted by molar-refractivity contribution is 0.0999. The third-order valence-electron chi connectivity index (χ3n) is 3.59. The van der Waals surface area contributed by atoms with Crippen molar-refractivity contribution in [3.8, 4) is 17.0 Å². The average molecular weight is 310 g/mol. The zero-order valence-electron chi connectivity index (χ0n) is 13.3. The van der Waals surface area contributed by atoms with E-state index in [2.05, 4.69) is 10.1 Å². The fourth-order valence-corrected chi connectivity index (χ4v) is 2.45. The predicted molar refractivity (Wildman–Crippen MR) is 87.4 cm³/mol. The number of fused-ring (bicyclic) bond motifs is 1. The number of nitrogens with zero attached hydrogens (tertiary/aromatic N) is 3. The second-order valence-electron chi connectivity index (χ2n) is 5.66. The number of ether oxygens (including phenoxy) is 1. The Hall–Kier alpha value is -2.89. The van der Waals surface area contributed by atoms with Crippen LogP contribution < -0.4 is 10.5 Å². The van der Waals surface area contributed by atoms with Crippen LogP contribution in [0, 0.1) is 6.92 Å². The molecule has 0 bridgehead atoms. The van der Waals surface area contributed by atoms with E-state index in [0.717, 1.165) is 22.2 Å². The molecule has 1 amide bonds. The van der Waals surface area contributed by atoms with Gasteiger partial charge >= 0.3 is 0 Å². The molecule has 0 unspecified atom stereocenters. The summed E-state index contributed by atoms with van der Waals surface area (Å²) in [7, 11) is 0. The smallest absolute Gasteiger partial charge is 0.250 e. The van der Waals surface area contributed by atoms with Gasteiger partial charge in [-0.3, -0.25) is 4.79 Å². The molecule has 0 spiro atoms. The van der Waals surface area contributed by atoms with Crippen LogP contribution in [-0.4, -0.2) is 26.6 Å². The van der Waals surface area contributed by atoms with Crippen LogP contribution in [0.25, 0.3) is 16.6 Å². The molecule has 6 heteroatoms. The van der Waals surface area contributed by atoms with E-state index in [0.29, 0.717) is 11.4 Å². The third kappa shape index (κ3) is 2.88. The van der Waals surface area contributed by atoms with Crippen molar-refractivity contribution < 1.29 is 9.53 Å². The number of pyridine rings is 1. The van der Waals surface area contributed by atoms with Crippen molar-refractivity contribution in [1.29, 1.82) is 0 Å². The molecule has 0 aromatic carbocycles. The maximum absolute atomic E-state index is 11.4. The molecule has 23 heavy (non-hydrogen) atoms. The zero-order chi connectivity index (χ0) is 16.6. The summed E-state index contributed by atoms with van der Waals surface area (Å²) in [5.41, 5.74) is 9.37. The lowest BCUT2D eigenvalue weighted by Crippen LogP contribution is -2.14. The summed E-state index contributed by atoms with van der Waals surface area (Å²) in [5.74, 6) is 0.120. The van der Waals surface area contributed by atoms with Crippen molar-refractivity contribution in [2.24, 2.45) is 5.73 Å². The summed E-state index contributed by atoms with van der Waals surface area (Å²) in [6.07, 6.45) is 5.24. The van der Waals surface area contributed by atoms with E-state index in [1.165, 1.54) is 6.20 Å². The molecule has 0 atom stereocenters. The summed E-state index contributed by atoms with van der Waals surface area (Å²) < 4.78 is 7.28. The monoisotopic (exact) mass is 310 g/mol. The van der Waals surface area contributed by atoms with Crippen molar-refractivity contribution >= 4 is 11.4 Å². The summed E-state index contributed by atoms with van der Waals surface area (Å²) in [6, 6.07) is 5.76. The fraction of sp³-hybridized carbons (Fsp3) is 0.235. The molecule has 2 N–H and O–H groups in total. The van der Waals surface area contributed by atoms with E-state index in [4.69, 9.17) is 10.5 Å². The topological polar surface area (TPSA) is 82.5 Å². The van der Waals surface area contributed by atoms with Crippen LogP contribution in [0.1, 0.15) is 29.8 Å². The van der Waals surface area contributed by atoms with Gasteiger partial charge in [0.1, 0.15) is 0 Å². The van der Waals surface area contributed by atoms with E-state index in [9.17, 15) is 4.79 Å². The summed E-state index contributed by atoms with van der Waals surface area (Å²) in [5, 5.41) is 4.24. The van der Waals surface area contributed by atoms with E-state index in [1.807, 2.05) is 45.2 Å². The Balaban J connectivity index is 2.00. The molecule has 0 saturated heterocycles. The number of primary amides is 1. The Kier molecular flexibility index (Phi) is 3.73. The van der Waals surface area contributed by atoms with Gasteiger partial charge in [0, 0.05) is 29.6 Å². The Morgan fingerprint density at radius 1 is 1.26 bits per heavy atom. The number of nitrogens with two attached hydrogens (primary N) is 1. The number of carbonyl (C=O) groups is 1. The Labute approximate surface area is 133 Å². The van der Waals surface area contributed by atoms with E-state index in [1.54, 1.807) is 10.7 Å². The Morgan fingerprint density at radius 3 is 2.65 bits per heavy atom. The number of rotatable bonds is 4. The maximum atomic E-state index is 11.4. The van der Waals surface area contributed by atoms with Gasteiger partial charge in [-0.1, -0.05) is 0 Å². The van der Waals surface area contributed by atoms with Gasteiger partial charge in [0.05, 0.1) is 23.4 Å². The number of amides is 1. The van der Waals surface area contributed by atoms with Gasteiger partial charge in [-0.2, -0.15) is 5.10 Å². The first-order valence-electron chi connectivity index (χ1n) is 7.36. The minimum atomic E-state index is -0.475. The van der Waals surface area contributed by atoms with E-state index >= 15 is 0 Å². The highest BCUT2D eigenvalue weighted by Gasteiger charge is 2.12. The molecule has 118 valence electrons. The predicted octanol–water partition coefficient (Wildman–Crippen LogP) is 2.59. The second kappa shape index (κ2) is 5.72. The normalized spacial score (nSPS) is 11.1. The molecule has 0 saturated carbocycles. The Morgan fingerprint density at radius 2 is 2.04 bits per heavy atom. The fourth-order valence-electron chi connectivity index (χ4n) is 2.45. The SMILES string of the molecule is Cc1c(C(N)=O)cnn2cc(-c3ccc(OC(C)C)nc3)cc12. The Bertz CT molecular complexity index is 866. The van der Waals surface area contributed by atoms with Gasteiger partial charge in [-0.15, -0.1) is 0 Å². The molecule has 0 aliphatic heterocycles. The van der Waals surface area contributed by atoms with Crippen LogP contribution >= 0.6 is 0 Å². The van der Waals surface area contributed by atoms with Crippen LogP contribution in [0.5, 0.6) is 5.88 Å². The molecule has 0 aliphatic carbocycles. The van der Waals surface area contributed by atoms with E-state index < -0.39 is 5.91 Å². The number of carbonyl (C=O) groups excluding carboxylic acids is 1. The highest BCUT2D eigenvalue weighted by molar-refractivity contribution is 5.96. The number of aryl methyl sites for hydroxylation is 1. The molecule has 0 fully saturated rings. The minimum absolute atomic E-state index is 0.0875. The van der Waals surface area contributed by atoms with Crippen LogP contribution in [0.2, 0.25) is 0 Å². The van der Waals surface area contributed by atoms with Crippen molar-refractivity contribution in [2.75, 3.05) is 0 Å². The van der Waals surface area contributed by atoms with Gasteiger partial charge < -0.3 is 10.5 Å². The number of aromatic nitrogens is 3. The standard InChI is InChI=1S/C17H18N4O2/c1-10(2)23-16-5-4-12(7-19-16)13-6-15-11(3)14(17(18)22)8-20-21(15)9-13/h4-10H,1-3H3,(H2,18,22). The van der Waals surface area contributed by atoms with Gasteiger partial charge in [-0.25, -0.2) is 9.50 Å². The molecule has 3 rings (SSSR count). The molecular formula is C17H18N4O2. The maximum Gasteiger partial charge on any atom is 0.250 e. The molecule has 0 aliphatic rings. The van der Waals surface area contributed by atoms with Crippen molar-refractivity contribution in [3.05, 3.63) is 47.9 Å². The molecule has 0 radical (unpaired) electrons. The lowest BCUT2D eigenvalue weighted by atomic mass is 10.1. The quantitative estimate of drug-likeness (QED) is 0.803. The molecular weight excluding hydrogens is 292 g/mol. The number of hydrogen-bond donors (Lipinski definition) is 1. The van der Waals surface area contributed by atoms with E-state index in [-0.39, 0.29) is 6.10 Å². The molecule has 6 nitrogen and oxygen atoms in total. The lowest BCUT2D eigenvalue weighted by Gasteiger charge is -2.08. The third-order valence-corrected chi connectivity index (χ3v) is 3.59. The van der Waals surface area contributed by atoms with Crippen LogP contribution in [-0.2, 0) is 0 Å². The van der Waals surface area contributed by atoms with Crippen LogP contribution in [0.3, 0.4) is 0 Å². The highest BCUT2D eigenvalue weighted by Crippen LogP contribution is 2.25. The average Bonchev–Trinajstić information content (AvgIpc) is 2.92. The van der Waals surface area contributed by atoms with Gasteiger partial charge in [0.15, 0.2) is 0 Å². The summed E-state index contributed by atoms with van der Waals surface area (Å²) in [4.78, 5) is 15.7. The largest absolute Gasteiger partial charge is 0.475 e. The van der Waals surface area contributed by atoms with Crippen molar-refractivity contribution in [1.82, 2.24) is 14.6 Å². The first-order valence-corrected chi connectivity index (χ1v) is 7.36. The summed E-state index contributed by atoms with van der Waals surface area (Å²) >= 11 is 0. The van der Waals surface area contributed by atoms with Crippen molar-refractivity contribution in [3.63, 3.8) is 0 Å². The van der Waals surface area contributed by atoms with Gasteiger partial charge in [-0.05, 0) is 38.5 Å². The first-order chi connectivity index (χ1) is 11.0. The van der Waals surface area contributed by atoms with Gasteiger partial charge in [0.25, 0.3) is 5.91 Å². The number of hydrogen-bond acceptors (Lipinski definition) is 4. The molecule has 3 heterocycles. The highest BCUT2D eigenvalue weighted by atomic mass is 16.5. The van der Waals surface area contributed by atoms with Gasteiger partial charge in [0.2, 0.25) is 5.88 Å². The zero-order valence-corrected chi connectivity index (χ0v) is 13.3. The van der Waals surface area contributed by atoms with Crippen molar-refractivity contribution in [2.45, 2.75) is 26.9 Å². The first kappa shape index (κ1) is 15.0. The molecule has 3 aromatic heterocycles. The van der Waals surface area contributed by atoms with Crippen LogP contribution in [0.15, 0.2) is 36.8 Å².